The van der Waals surface area contributed by atoms with E-state index < -0.39 is 5.97 Å². The Morgan fingerprint density at radius 2 is 1.77 bits per heavy atom. The predicted octanol–water partition coefficient (Wildman–Crippen LogP) is 5.22. The largest absolute Gasteiger partial charge is 0.496 e. The van der Waals surface area contributed by atoms with Crippen LogP contribution in [0.1, 0.15) is 44.0 Å². The number of ether oxygens (including phenoxy) is 1. The summed E-state index contributed by atoms with van der Waals surface area (Å²) in [4.78, 5) is 12.0. The highest BCUT2D eigenvalue weighted by atomic mass is 79.9. The molecule has 3 rings (SSSR count). The average molecular weight is 471 g/mol. The summed E-state index contributed by atoms with van der Waals surface area (Å²) in [7, 11) is 1.65. The summed E-state index contributed by atoms with van der Waals surface area (Å²) in [5.41, 5.74) is 6.32. The number of aromatic nitrogens is 1. The molecule has 158 valence electrons. The number of aryl methyl sites for hydroxylation is 1. The number of carboxylic acid groups (broad SMARTS) is 1. The van der Waals surface area contributed by atoms with Crippen LogP contribution in [0.5, 0.6) is 5.75 Å². The van der Waals surface area contributed by atoms with Crippen LogP contribution in [-0.4, -0.2) is 22.8 Å². The van der Waals surface area contributed by atoms with E-state index in [0.29, 0.717) is 25.2 Å². The van der Waals surface area contributed by atoms with E-state index in [-0.39, 0.29) is 0 Å². The normalized spacial score (nSPS) is 11.0. The number of nitrogens with zero attached hydrogens (tertiary/aromatic N) is 1. The Balaban J connectivity index is 1.84. The van der Waals surface area contributed by atoms with Crippen LogP contribution in [0.4, 0.5) is 0 Å². The van der Waals surface area contributed by atoms with Crippen molar-refractivity contribution in [2.45, 2.75) is 40.4 Å². The number of methoxy groups -OCH3 is 1. The molecule has 1 heterocycles. The number of benzene rings is 2. The summed E-state index contributed by atoms with van der Waals surface area (Å²) in [6.45, 7) is 7.62. The maximum absolute atomic E-state index is 12.0. The van der Waals surface area contributed by atoms with E-state index >= 15 is 0 Å². The van der Waals surface area contributed by atoms with Crippen LogP contribution in [0, 0.1) is 20.8 Å². The summed E-state index contributed by atoms with van der Waals surface area (Å²) >= 11 is 3.49. The molecule has 0 spiro atoms. The topological polar surface area (TPSA) is 63.5 Å². The zero-order valence-electron chi connectivity index (χ0n) is 17.8. The van der Waals surface area contributed by atoms with Gasteiger partial charge in [-0.15, -0.1) is 0 Å². The summed E-state index contributed by atoms with van der Waals surface area (Å²) in [5, 5.41) is 13.2. The number of hydrogen-bond acceptors (Lipinski definition) is 3. The third kappa shape index (κ3) is 4.77. The highest BCUT2D eigenvalue weighted by Crippen LogP contribution is 2.26. The highest BCUT2D eigenvalue weighted by Gasteiger charge is 2.22. The summed E-state index contributed by atoms with van der Waals surface area (Å²) in [5.74, 6) is -0.0934. The van der Waals surface area contributed by atoms with Crippen molar-refractivity contribution in [1.82, 2.24) is 9.88 Å². The van der Waals surface area contributed by atoms with Gasteiger partial charge in [0.25, 0.3) is 0 Å². The number of nitrogens with one attached hydrogen (secondary N) is 1. The molecule has 6 heteroatoms. The van der Waals surface area contributed by atoms with E-state index in [1.807, 2.05) is 32.0 Å². The van der Waals surface area contributed by atoms with Crippen LogP contribution < -0.4 is 10.1 Å². The molecule has 2 N–H and O–H groups in total. The molecular formula is C24H27BrN2O3. The Morgan fingerprint density at radius 1 is 1.07 bits per heavy atom. The number of carboxylic acids is 1. The van der Waals surface area contributed by atoms with Gasteiger partial charge in [0.15, 0.2) is 0 Å². The van der Waals surface area contributed by atoms with Gasteiger partial charge >= 0.3 is 5.97 Å². The smallest absolute Gasteiger partial charge is 0.337 e. The van der Waals surface area contributed by atoms with Crippen LogP contribution in [0.15, 0.2) is 46.9 Å². The van der Waals surface area contributed by atoms with Crippen molar-refractivity contribution in [3.63, 3.8) is 0 Å². The molecule has 0 amide bonds. The fraction of sp³-hybridized carbons (Fsp3) is 0.292. The lowest BCUT2D eigenvalue weighted by Crippen LogP contribution is -2.16. The maximum Gasteiger partial charge on any atom is 0.337 e. The molecule has 3 aromatic rings. The fourth-order valence-corrected chi connectivity index (χ4v) is 4.18. The minimum Gasteiger partial charge on any atom is -0.496 e. The molecule has 0 saturated carbocycles. The fourth-order valence-electron chi connectivity index (χ4n) is 3.77. The first-order valence-corrected chi connectivity index (χ1v) is 10.6. The SMILES string of the molecule is COc1ccc(Br)cc1CNCc1c(C(=O)O)c(C)n(Cc2ccc(C)cc2)c1C. The van der Waals surface area contributed by atoms with Crippen molar-refractivity contribution in [2.24, 2.45) is 0 Å². The monoisotopic (exact) mass is 470 g/mol. The van der Waals surface area contributed by atoms with Gasteiger partial charge in [-0.25, -0.2) is 4.79 Å². The zero-order chi connectivity index (χ0) is 21.8. The second kappa shape index (κ2) is 9.49. The Bertz CT molecular complexity index is 1060. The Labute approximate surface area is 185 Å². The predicted molar refractivity (Wildman–Crippen MR) is 122 cm³/mol. The lowest BCUT2D eigenvalue weighted by Gasteiger charge is -2.12. The van der Waals surface area contributed by atoms with Gasteiger partial charge in [0.2, 0.25) is 0 Å². The van der Waals surface area contributed by atoms with Gasteiger partial charge in [-0.1, -0.05) is 45.8 Å². The van der Waals surface area contributed by atoms with Crippen LogP contribution in [0.2, 0.25) is 0 Å². The standard InChI is InChI=1S/C24H27BrN2O3/c1-15-5-7-18(8-6-15)14-27-16(2)21(23(17(27)3)24(28)29)13-26-12-19-11-20(25)9-10-22(19)30-4/h5-11,26H,12-14H2,1-4H3,(H,28,29). The lowest BCUT2D eigenvalue weighted by molar-refractivity contribution is 0.0694. The van der Waals surface area contributed by atoms with Crippen LogP contribution >= 0.6 is 15.9 Å². The number of carbonyl (C=O) groups is 1. The number of rotatable bonds is 8. The minimum atomic E-state index is -0.893. The van der Waals surface area contributed by atoms with Gasteiger partial charge < -0.3 is 19.7 Å². The van der Waals surface area contributed by atoms with Crippen molar-refractivity contribution in [3.05, 3.63) is 86.1 Å². The van der Waals surface area contributed by atoms with Gasteiger partial charge in [-0.3, -0.25) is 0 Å². The molecule has 0 aliphatic carbocycles. The molecule has 0 unspecified atom stereocenters. The number of halogens is 1. The van der Waals surface area contributed by atoms with Gasteiger partial charge in [-0.2, -0.15) is 0 Å². The first-order valence-electron chi connectivity index (χ1n) is 9.82. The molecule has 0 saturated heterocycles. The van der Waals surface area contributed by atoms with Crippen LogP contribution in [0.25, 0.3) is 0 Å². The molecule has 5 nitrogen and oxygen atoms in total. The summed E-state index contributed by atoms with van der Waals surface area (Å²) in [6, 6.07) is 14.2. The van der Waals surface area contributed by atoms with E-state index in [2.05, 4.69) is 57.0 Å². The molecule has 0 fully saturated rings. The number of hydrogen-bond donors (Lipinski definition) is 2. The second-order valence-electron chi connectivity index (χ2n) is 7.46. The minimum absolute atomic E-state index is 0.383. The van der Waals surface area contributed by atoms with E-state index in [9.17, 15) is 9.90 Å². The van der Waals surface area contributed by atoms with Crippen LogP contribution in [-0.2, 0) is 19.6 Å². The second-order valence-corrected chi connectivity index (χ2v) is 8.38. The molecule has 0 radical (unpaired) electrons. The first kappa shape index (κ1) is 22.1. The summed E-state index contributed by atoms with van der Waals surface area (Å²) < 4.78 is 8.49. The maximum atomic E-state index is 12.0. The lowest BCUT2D eigenvalue weighted by atomic mass is 10.1. The summed E-state index contributed by atoms with van der Waals surface area (Å²) in [6.07, 6.45) is 0. The molecule has 0 aliphatic heterocycles. The van der Waals surface area contributed by atoms with Gasteiger partial charge in [0.1, 0.15) is 5.75 Å². The van der Waals surface area contributed by atoms with E-state index in [4.69, 9.17) is 4.74 Å². The molecule has 0 aliphatic rings. The third-order valence-corrected chi connectivity index (χ3v) is 5.94. The van der Waals surface area contributed by atoms with Crippen molar-refractivity contribution in [1.29, 1.82) is 0 Å². The number of aromatic carboxylic acids is 1. The van der Waals surface area contributed by atoms with E-state index in [0.717, 1.165) is 38.3 Å². The third-order valence-electron chi connectivity index (χ3n) is 5.44. The first-order chi connectivity index (χ1) is 14.3. The molecular weight excluding hydrogens is 444 g/mol. The molecule has 0 atom stereocenters. The van der Waals surface area contributed by atoms with Crippen molar-refractivity contribution in [3.8, 4) is 5.75 Å². The van der Waals surface area contributed by atoms with Gasteiger partial charge in [0, 0.05) is 46.6 Å². The van der Waals surface area contributed by atoms with Crippen molar-refractivity contribution < 1.29 is 14.6 Å². The van der Waals surface area contributed by atoms with Gasteiger partial charge in [0.05, 0.1) is 12.7 Å². The quantitative estimate of drug-likeness (QED) is 0.473. The molecule has 30 heavy (non-hydrogen) atoms. The van der Waals surface area contributed by atoms with E-state index in [1.54, 1.807) is 7.11 Å². The Morgan fingerprint density at radius 3 is 2.40 bits per heavy atom. The average Bonchev–Trinajstić information content (AvgIpc) is 2.94. The molecule has 1 aromatic heterocycles. The van der Waals surface area contributed by atoms with Crippen molar-refractivity contribution in [2.75, 3.05) is 7.11 Å². The Kier molecular flexibility index (Phi) is 7.00. The van der Waals surface area contributed by atoms with Crippen molar-refractivity contribution >= 4 is 21.9 Å². The zero-order valence-corrected chi connectivity index (χ0v) is 19.3. The molecule has 0 bridgehead atoms. The van der Waals surface area contributed by atoms with Gasteiger partial charge in [-0.05, 0) is 44.5 Å². The molecule has 2 aromatic carbocycles. The van der Waals surface area contributed by atoms with E-state index in [1.165, 1.54) is 5.56 Å². The highest BCUT2D eigenvalue weighted by molar-refractivity contribution is 9.10. The van der Waals surface area contributed by atoms with Crippen LogP contribution in [0.3, 0.4) is 0 Å². The Hall–Kier alpha value is -2.57.